The van der Waals surface area contributed by atoms with Crippen molar-refractivity contribution in [2.45, 2.75) is 25.8 Å². The molecule has 0 fully saturated rings. The molecule has 0 bridgehead atoms. The third-order valence-electron chi connectivity index (χ3n) is 2.57. The van der Waals surface area contributed by atoms with E-state index in [0.29, 0.717) is 25.5 Å². The molecule has 1 amide bonds. The molecule has 0 unspecified atom stereocenters. The molecule has 7 nitrogen and oxygen atoms in total. The highest BCUT2D eigenvalue weighted by Crippen LogP contribution is 2.11. The van der Waals surface area contributed by atoms with E-state index in [4.69, 9.17) is 0 Å². The summed E-state index contributed by atoms with van der Waals surface area (Å²) in [6.07, 6.45) is -4.47. The summed E-state index contributed by atoms with van der Waals surface area (Å²) in [4.78, 5) is 23.1. The summed E-state index contributed by atoms with van der Waals surface area (Å²) >= 11 is 0. The molecule has 2 N–H and O–H groups in total. The number of amides is 1. The number of carbonyl (C=O) groups is 1. The van der Waals surface area contributed by atoms with Crippen molar-refractivity contribution in [1.29, 1.82) is 0 Å². The molecular weight excluding hydrogens is 267 g/mol. The number of carbonyl (C=O) groups excluding carboxylic acids is 1. The van der Waals surface area contributed by atoms with Crippen molar-refractivity contribution in [2.75, 3.05) is 13.1 Å². The molecule has 2 rings (SSSR count). The Morgan fingerprint density at radius 1 is 1.47 bits per heavy atom. The Bertz CT molecular complexity index is 533. The number of hydrogen-bond acceptors (Lipinski definition) is 4. The van der Waals surface area contributed by atoms with Gasteiger partial charge >= 0.3 is 11.9 Å². The maximum atomic E-state index is 11.9. The number of rotatable bonds is 3. The molecule has 106 valence electrons. The van der Waals surface area contributed by atoms with Crippen molar-refractivity contribution >= 4 is 5.91 Å². The maximum absolute atomic E-state index is 11.9. The predicted molar refractivity (Wildman–Crippen MR) is 57.3 cm³/mol. The summed E-state index contributed by atoms with van der Waals surface area (Å²) in [6, 6.07) is 0. The van der Waals surface area contributed by atoms with Crippen LogP contribution in [0.25, 0.3) is 0 Å². The largest absolute Gasteiger partial charge is 0.405 e. The lowest BCUT2D eigenvalue weighted by Crippen LogP contribution is -2.39. The number of halogens is 3. The van der Waals surface area contributed by atoms with Crippen molar-refractivity contribution in [3.8, 4) is 0 Å². The van der Waals surface area contributed by atoms with Gasteiger partial charge in [-0.3, -0.25) is 9.36 Å². The summed E-state index contributed by atoms with van der Waals surface area (Å²) < 4.78 is 38.0. The first kappa shape index (κ1) is 13.6. The molecule has 0 radical (unpaired) electrons. The summed E-state index contributed by atoms with van der Waals surface area (Å²) in [5.74, 6) is -0.428. The van der Waals surface area contributed by atoms with E-state index < -0.39 is 30.9 Å². The SMILES string of the molecule is O=C(Cn1nc2n(c1=O)CCNC2)NCC(F)(F)F. The second-order valence-corrected chi connectivity index (χ2v) is 4.08. The molecular formula is C9H12F3N5O2. The number of aromatic nitrogens is 3. The van der Waals surface area contributed by atoms with Gasteiger partial charge in [-0.1, -0.05) is 0 Å². The lowest BCUT2D eigenvalue weighted by Gasteiger charge is -2.11. The van der Waals surface area contributed by atoms with Gasteiger partial charge in [-0.2, -0.15) is 18.3 Å². The number of fused-ring (bicyclic) bond motifs is 1. The number of hydrogen-bond donors (Lipinski definition) is 2. The molecule has 0 spiro atoms. The van der Waals surface area contributed by atoms with Crippen LogP contribution in [0.4, 0.5) is 13.2 Å². The Hall–Kier alpha value is -1.84. The second kappa shape index (κ2) is 5.03. The Kier molecular flexibility index (Phi) is 3.60. The van der Waals surface area contributed by atoms with Crippen LogP contribution in [0.3, 0.4) is 0 Å². The van der Waals surface area contributed by atoms with Crippen LogP contribution in [0, 0.1) is 0 Å². The van der Waals surface area contributed by atoms with Gasteiger partial charge in [0.25, 0.3) is 0 Å². The first-order chi connectivity index (χ1) is 8.87. The van der Waals surface area contributed by atoms with Gasteiger partial charge in [0, 0.05) is 13.1 Å². The minimum Gasteiger partial charge on any atom is -0.345 e. The van der Waals surface area contributed by atoms with Crippen LogP contribution >= 0.6 is 0 Å². The Balaban J connectivity index is 2.02. The van der Waals surface area contributed by atoms with Gasteiger partial charge in [0.1, 0.15) is 18.9 Å². The molecule has 10 heteroatoms. The van der Waals surface area contributed by atoms with E-state index in [1.165, 1.54) is 4.57 Å². The molecule has 1 aromatic heterocycles. The van der Waals surface area contributed by atoms with Crippen molar-refractivity contribution in [3.05, 3.63) is 16.3 Å². The van der Waals surface area contributed by atoms with Gasteiger partial charge < -0.3 is 10.6 Å². The van der Waals surface area contributed by atoms with Gasteiger partial charge in [-0.15, -0.1) is 0 Å². The van der Waals surface area contributed by atoms with Crippen LogP contribution in [-0.4, -0.2) is 39.5 Å². The zero-order valence-electron chi connectivity index (χ0n) is 9.83. The molecule has 0 saturated heterocycles. The smallest absolute Gasteiger partial charge is 0.345 e. The molecule has 2 heterocycles. The molecule has 19 heavy (non-hydrogen) atoms. The zero-order chi connectivity index (χ0) is 14.0. The summed E-state index contributed by atoms with van der Waals surface area (Å²) in [7, 11) is 0. The summed E-state index contributed by atoms with van der Waals surface area (Å²) in [5.41, 5.74) is -0.487. The van der Waals surface area contributed by atoms with E-state index in [1.54, 1.807) is 5.32 Å². The lowest BCUT2D eigenvalue weighted by molar-refractivity contribution is -0.138. The van der Waals surface area contributed by atoms with Crippen molar-refractivity contribution in [3.63, 3.8) is 0 Å². The standard InChI is InChI=1S/C9H12F3N5O2/c10-9(11,12)5-14-7(18)4-17-8(19)16-2-1-13-3-6(16)15-17/h13H,1-5H2,(H,14,18). The highest BCUT2D eigenvalue weighted by atomic mass is 19.4. The number of nitrogens with zero attached hydrogens (tertiary/aromatic N) is 3. The second-order valence-electron chi connectivity index (χ2n) is 4.08. The van der Waals surface area contributed by atoms with Gasteiger partial charge in [-0.25, -0.2) is 9.48 Å². The maximum Gasteiger partial charge on any atom is 0.405 e. The van der Waals surface area contributed by atoms with Crippen molar-refractivity contribution < 1.29 is 18.0 Å². The first-order valence-corrected chi connectivity index (χ1v) is 5.57. The highest BCUT2D eigenvalue weighted by Gasteiger charge is 2.28. The average molecular weight is 279 g/mol. The van der Waals surface area contributed by atoms with E-state index in [-0.39, 0.29) is 0 Å². The Morgan fingerprint density at radius 3 is 2.84 bits per heavy atom. The minimum atomic E-state index is -4.47. The molecule has 0 aliphatic carbocycles. The molecule has 0 saturated carbocycles. The van der Waals surface area contributed by atoms with Gasteiger partial charge in [0.15, 0.2) is 0 Å². The third-order valence-corrected chi connectivity index (χ3v) is 2.57. The van der Waals surface area contributed by atoms with Gasteiger partial charge in [-0.05, 0) is 0 Å². The predicted octanol–water partition coefficient (Wildman–Crippen LogP) is -1.17. The van der Waals surface area contributed by atoms with Crippen LogP contribution in [0.1, 0.15) is 5.82 Å². The fourth-order valence-electron chi connectivity index (χ4n) is 1.73. The Morgan fingerprint density at radius 2 is 2.21 bits per heavy atom. The summed E-state index contributed by atoms with van der Waals surface area (Å²) in [5, 5.41) is 8.58. The van der Waals surface area contributed by atoms with Crippen molar-refractivity contribution in [1.82, 2.24) is 25.0 Å². The first-order valence-electron chi connectivity index (χ1n) is 5.57. The van der Waals surface area contributed by atoms with E-state index in [2.05, 4.69) is 10.4 Å². The van der Waals surface area contributed by atoms with Crippen LogP contribution in [-0.2, 0) is 24.4 Å². The lowest BCUT2D eigenvalue weighted by atomic mass is 10.4. The average Bonchev–Trinajstić information content (AvgIpc) is 2.64. The number of nitrogens with one attached hydrogen (secondary N) is 2. The molecule has 1 aliphatic rings. The van der Waals surface area contributed by atoms with Crippen LogP contribution in [0.5, 0.6) is 0 Å². The molecule has 1 aromatic rings. The molecule has 1 aliphatic heterocycles. The molecule has 0 atom stereocenters. The van der Waals surface area contributed by atoms with Crippen LogP contribution in [0.2, 0.25) is 0 Å². The number of alkyl halides is 3. The molecule has 0 aromatic carbocycles. The van der Waals surface area contributed by atoms with E-state index in [0.717, 1.165) is 4.68 Å². The van der Waals surface area contributed by atoms with Crippen LogP contribution < -0.4 is 16.3 Å². The Labute approximate surface area is 105 Å². The van der Waals surface area contributed by atoms with Crippen LogP contribution in [0.15, 0.2) is 4.79 Å². The van der Waals surface area contributed by atoms with Gasteiger partial charge in [0.2, 0.25) is 5.91 Å². The van der Waals surface area contributed by atoms with E-state index in [9.17, 15) is 22.8 Å². The topological polar surface area (TPSA) is 81.0 Å². The fraction of sp³-hybridized carbons (Fsp3) is 0.667. The fourth-order valence-corrected chi connectivity index (χ4v) is 1.73. The summed E-state index contributed by atoms with van der Waals surface area (Å²) in [6.45, 7) is -0.506. The van der Waals surface area contributed by atoms with E-state index >= 15 is 0 Å². The highest BCUT2D eigenvalue weighted by molar-refractivity contribution is 5.75. The monoisotopic (exact) mass is 279 g/mol. The quantitative estimate of drug-likeness (QED) is 0.730. The van der Waals surface area contributed by atoms with Gasteiger partial charge in [0.05, 0.1) is 6.54 Å². The normalized spacial score (nSPS) is 15.1. The van der Waals surface area contributed by atoms with Crippen molar-refractivity contribution in [2.24, 2.45) is 0 Å². The van der Waals surface area contributed by atoms with E-state index in [1.807, 2.05) is 0 Å². The third kappa shape index (κ3) is 3.34. The zero-order valence-corrected chi connectivity index (χ0v) is 9.83. The minimum absolute atomic E-state index is 0.395.